The number of aromatic nitrogens is 2. The number of hydrogen-bond acceptors (Lipinski definition) is 2. The highest BCUT2D eigenvalue weighted by molar-refractivity contribution is 5.84. The van der Waals surface area contributed by atoms with Crippen LogP contribution in [0.25, 0.3) is 44.8 Å². The number of pyridine rings is 2. The predicted molar refractivity (Wildman–Crippen MR) is 222 cm³/mol. The molecule has 0 aliphatic rings. The monoisotopic (exact) mass is 898 g/mol. The Hall–Kier alpha value is -7.22. The molecule has 8 rings (SSSR count). The van der Waals surface area contributed by atoms with Crippen LogP contribution in [0, 0.1) is 0 Å². The van der Waals surface area contributed by atoms with Gasteiger partial charge in [0.25, 0.3) is 0 Å². The van der Waals surface area contributed by atoms with Crippen LogP contribution in [0.4, 0.5) is 52.7 Å². The largest absolute Gasteiger partial charge is 0.416 e. The third-order valence-electron chi connectivity index (χ3n) is 10.9. The molecular formula is C51H30F12N2. The zero-order chi connectivity index (χ0) is 46.4. The van der Waals surface area contributed by atoms with Crippen molar-refractivity contribution in [1.29, 1.82) is 0 Å². The van der Waals surface area contributed by atoms with E-state index in [1.165, 1.54) is 60.7 Å². The lowest BCUT2D eigenvalue weighted by atomic mass is 9.68. The molecule has 6 aromatic carbocycles. The fraction of sp³-hybridized carbons (Fsp3) is 0.0980. The Kier molecular flexibility index (Phi) is 11.4. The first-order valence-corrected chi connectivity index (χ1v) is 19.6. The number of rotatable bonds is 8. The molecule has 0 unspecified atom stereocenters. The van der Waals surface area contributed by atoms with E-state index in [0.717, 1.165) is 48.5 Å². The number of hydrogen-bond donors (Lipinski definition) is 0. The normalized spacial score (nSPS) is 12.6. The van der Waals surface area contributed by atoms with Crippen molar-refractivity contribution in [2.45, 2.75) is 30.1 Å². The van der Waals surface area contributed by atoms with Crippen molar-refractivity contribution >= 4 is 0 Å². The molecule has 8 aromatic rings. The van der Waals surface area contributed by atoms with Gasteiger partial charge < -0.3 is 0 Å². The van der Waals surface area contributed by atoms with Crippen LogP contribution in [0.1, 0.15) is 44.8 Å². The first-order chi connectivity index (χ1) is 30.7. The smallest absolute Gasteiger partial charge is 0.250 e. The van der Waals surface area contributed by atoms with E-state index in [-0.39, 0.29) is 56.2 Å². The summed E-state index contributed by atoms with van der Waals surface area (Å²) in [6.45, 7) is 0. The maximum Gasteiger partial charge on any atom is 0.416 e. The summed E-state index contributed by atoms with van der Waals surface area (Å²) >= 11 is 0. The summed E-state index contributed by atoms with van der Waals surface area (Å²) in [5, 5.41) is 0. The van der Waals surface area contributed by atoms with Crippen LogP contribution in [0.3, 0.4) is 0 Å². The summed E-state index contributed by atoms with van der Waals surface area (Å²) in [5.74, 6) is 0. The average Bonchev–Trinajstić information content (AvgIpc) is 3.29. The SMILES string of the molecule is FC(F)(F)c1ccc(-c2ccc(C(c3ccccc3)(c3ccccc3)c3ccc(-c4ccc(C(F)(F)F)cc4)c(-c4cccc(C(F)(F)F)c4)n3)nc2-c2cccc(C(F)(F)F)c2)cc1. The van der Waals surface area contributed by atoms with E-state index in [4.69, 9.17) is 9.97 Å². The van der Waals surface area contributed by atoms with E-state index < -0.39 is 52.4 Å². The second-order valence-electron chi connectivity index (χ2n) is 15.0. The second-order valence-corrected chi connectivity index (χ2v) is 15.0. The maximum atomic E-state index is 14.2. The molecule has 2 heterocycles. The highest BCUT2D eigenvalue weighted by Crippen LogP contribution is 2.48. The van der Waals surface area contributed by atoms with Gasteiger partial charge in [-0.05, 0) is 82.9 Å². The Morgan fingerprint density at radius 1 is 0.262 bits per heavy atom. The zero-order valence-electron chi connectivity index (χ0n) is 33.3. The Balaban J connectivity index is 1.46. The zero-order valence-corrected chi connectivity index (χ0v) is 33.3. The summed E-state index contributed by atoms with van der Waals surface area (Å²) < 4.78 is 167. The Morgan fingerprint density at radius 2 is 0.585 bits per heavy atom. The quantitative estimate of drug-likeness (QED) is 0.142. The van der Waals surface area contributed by atoms with Crippen molar-refractivity contribution < 1.29 is 52.7 Å². The van der Waals surface area contributed by atoms with E-state index in [1.54, 1.807) is 72.8 Å². The van der Waals surface area contributed by atoms with Gasteiger partial charge in [-0.15, -0.1) is 0 Å². The molecule has 0 amide bonds. The first-order valence-electron chi connectivity index (χ1n) is 19.6. The molecule has 2 nitrogen and oxygen atoms in total. The lowest BCUT2D eigenvalue weighted by Crippen LogP contribution is -2.33. The Bertz CT molecular complexity index is 2750. The van der Waals surface area contributed by atoms with Gasteiger partial charge in [-0.3, -0.25) is 9.97 Å². The summed E-state index contributed by atoms with van der Waals surface area (Å²) in [6, 6.07) is 40.0. The van der Waals surface area contributed by atoms with E-state index in [2.05, 4.69) is 0 Å². The van der Waals surface area contributed by atoms with Gasteiger partial charge in [0.1, 0.15) is 5.41 Å². The lowest BCUT2D eigenvalue weighted by Gasteiger charge is -2.35. The molecule has 0 aliphatic heterocycles. The maximum absolute atomic E-state index is 14.2. The molecule has 0 radical (unpaired) electrons. The van der Waals surface area contributed by atoms with Crippen molar-refractivity contribution in [1.82, 2.24) is 9.97 Å². The second kappa shape index (κ2) is 16.7. The minimum atomic E-state index is -4.79. The van der Waals surface area contributed by atoms with Crippen molar-refractivity contribution in [2.24, 2.45) is 0 Å². The molecular weight excluding hydrogens is 869 g/mol. The van der Waals surface area contributed by atoms with Gasteiger partial charge in [0.2, 0.25) is 0 Å². The topological polar surface area (TPSA) is 25.8 Å². The molecule has 0 aliphatic carbocycles. The summed E-state index contributed by atoms with van der Waals surface area (Å²) in [6.07, 6.45) is -19.0. The van der Waals surface area contributed by atoms with Crippen molar-refractivity contribution in [2.75, 3.05) is 0 Å². The van der Waals surface area contributed by atoms with E-state index in [9.17, 15) is 52.7 Å². The van der Waals surface area contributed by atoms with E-state index >= 15 is 0 Å². The molecule has 14 heteroatoms. The van der Waals surface area contributed by atoms with Gasteiger partial charge in [-0.25, -0.2) is 0 Å². The molecule has 0 saturated heterocycles. The number of alkyl halides is 12. The molecule has 2 aromatic heterocycles. The number of halogens is 12. The third-order valence-corrected chi connectivity index (χ3v) is 10.9. The first kappa shape index (κ1) is 44.4. The molecule has 0 saturated carbocycles. The lowest BCUT2D eigenvalue weighted by molar-refractivity contribution is -0.138. The van der Waals surface area contributed by atoms with Gasteiger partial charge in [0.15, 0.2) is 0 Å². The summed E-state index contributed by atoms with van der Waals surface area (Å²) in [5.41, 5.74) is -3.80. The molecule has 0 atom stereocenters. The van der Waals surface area contributed by atoms with Gasteiger partial charge in [-0.1, -0.05) is 121 Å². The fourth-order valence-corrected chi connectivity index (χ4v) is 7.87. The standard InChI is InChI=1S/C51H30F12N2/c52-48(53,54)37-21-17-31(18-22-37)41-25-27-43(64-45(41)33-9-7-15-39(29-33)50(58,59)60)47(35-11-3-1-4-12-35,36-13-5-2-6-14-36)44-28-26-42(32-19-23-38(24-20-32)49(55,56)57)46(65-44)34-10-8-16-40(30-34)51(61,62)63/h1-30H. The molecule has 0 N–H and O–H groups in total. The van der Waals surface area contributed by atoms with Gasteiger partial charge in [0, 0.05) is 22.3 Å². The fourth-order valence-electron chi connectivity index (χ4n) is 7.87. The highest BCUT2D eigenvalue weighted by Gasteiger charge is 2.43. The summed E-state index contributed by atoms with van der Waals surface area (Å²) in [7, 11) is 0. The van der Waals surface area contributed by atoms with Crippen LogP contribution in [0.2, 0.25) is 0 Å². The van der Waals surface area contributed by atoms with Crippen LogP contribution < -0.4 is 0 Å². The van der Waals surface area contributed by atoms with Crippen LogP contribution in [0.15, 0.2) is 182 Å². The molecule has 0 spiro atoms. The van der Waals surface area contributed by atoms with Crippen LogP contribution in [-0.4, -0.2) is 9.97 Å². The van der Waals surface area contributed by atoms with Gasteiger partial charge in [-0.2, -0.15) is 52.7 Å². The number of nitrogens with zero attached hydrogens (tertiary/aromatic N) is 2. The van der Waals surface area contributed by atoms with E-state index in [1.807, 2.05) is 0 Å². The van der Waals surface area contributed by atoms with Crippen LogP contribution in [-0.2, 0) is 30.1 Å². The van der Waals surface area contributed by atoms with Crippen molar-refractivity contribution in [3.63, 3.8) is 0 Å². The Morgan fingerprint density at radius 3 is 0.908 bits per heavy atom. The van der Waals surface area contributed by atoms with Crippen molar-refractivity contribution in [3.05, 3.63) is 227 Å². The van der Waals surface area contributed by atoms with Crippen molar-refractivity contribution in [3.8, 4) is 44.8 Å². The number of benzene rings is 6. The molecule has 328 valence electrons. The molecule has 65 heavy (non-hydrogen) atoms. The molecule has 0 fully saturated rings. The predicted octanol–water partition coefficient (Wildman–Crippen LogP) is 15.6. The van der Waals surface area contributed by atoms with E-state index in [0.29, 0.717) is 11.1 Å². The van der Waals surface area contributed by atoms with Gasteiger partial charge in [0.05, 0.1) is 45.0 Å². The molecule has 0 bridgehead atoms. The minimum Gasteiger partial charge on any atom is -0.250 e. The summed E-state index contributed by atoms with van der Waals surface area (Å²) in [4.78, 5) is 10.2. The Labute approximate surface area is 363 Å². The third kappa shape index (κ3) is 8.85. The van der Waals surface area contributed by atoms with Crippen LogP contribution >= 0.6 is 0 Å². The van der Waals surface area contributed by atoms with Gasteiger partial charge >= 0.3 is 24.7 Å². The highest BCUT2D eigenvalue weighted by atomic mass is 19.4. The van der Waals surface area contributed by atoms with Crippen LogP contribution in [0.5, 0.6) is 0 Å². The minimum absolute atomic E-state index is 0.0399. The average molecular weight is 899 g/mol.